The van der Waals surface area contributed by atoms with Gasteiger partial charge in [-0.2, -0.15) is 11.8 Å². The number of thioether (sulfide) groups is 1. The average molecular weight is 538 g/mol. The van der Waals surface area contributed by atoms with Crippen molar-refractivity contribution in [2.75, 3.05) is 12.0 Å². The van der Waals surface area contributed by atoms with Crippen LogP contribution in [-0.4, -0.2) is 92.4 Å². The quantitative estimate of drug-likeness (QED) is 0.150. The molecule has 0 aliphatic carbocycles. The van der Waals surface area contributed by atoms with E-state index in [1.54, 1.807) is 6.20 Å². The Labute approximate surface area is 218 Å². The number of fused-ring (bicyclic) bond motifs is 1. The lowest BCUT2D eigenvalue weighted by molar-refractivity contribution is -0.142. The van der Waals surface area contributed by atoms with Crippen molar-refractivity contribution in [1.29, 1.82) is 0 Å². The highest BCUT2D eigenvalue weighted by atomic mass is 32.2. The van der Waals surface area contributed by atoms with Crippen molar-refractivity contribution in [3.05, 3.63) is 36.0 Å². The van der Waals surface area contributed by atoms with Crippen LogP contribution in [0, 0.1) is 0 Å². The van der Waals surface area contributed by atoms with E-state index in [-0.39, 0.29) is 12.8 Å². The molecule has 0 saturated carbocycles. The van der Waals surface area contributed by atoms with E-state index >= 15 is 0 Å². The van der Waals surface area contributed by atoms with E-state index in [4.69, 9.17) is 5.73 Å². The number of carboxylic acids is 1. The number of aromatic amines is 1. The first kappa shape index (κ1) is 30.1. The number of aromatic nitrogens is 1. The zero-order valence-electron chi connectivity index (χ0n) is 20.9. The second-order valence-electron chi connectivity index (χ2n) is 8.80. The first-order valence-corrected chi connectivity index (χ1v) is 13.1. The number of benzene rings is 1. The van der Waals surface area contributed by atoms with Gasteiger partial charge in [0.25, 0.3) is 0 Å². The van der Waals surface area contributed by atoms with E-state index in [0.29, 0.717) is 11.3 Å². The van der Waals surface area contributed by atoms with Crippen LogP contribution in [0.4, 0.5) is 0 Å². The van der Waals surface area contributed by atoms with Gasteiger partial charge in [0.2, 0.25) is 17.7 Å². The Morgan fingerprint density at radius 3 is 2.22 bits per heavy atom. The van der Waals surface area contributed by atoms with Crippen LogP contribution < -0.4 is 21.7 Å². The molecular weight excluding hydrogens is 502 g/mol. The lowest BCUT2D eigenvalue weighted by atomic mass is 10.0. The van der Waals surface area contributed by atoms with Gasteiger partial charge in [-0.1, -0.05) is 18.2 Å². The van der Waals surface area contributed by atoms with E-state index in [0.717, 1.165) is 10.9 Å². The zero-order valence-corrected chi connectivity index (χ0v) is 21.7. The predicted octanol–water partition coefficient (Wildman–Crippen LogP) is -0.909. The molecule has 0 bridgehead atoms. The number of H-pyrrole nitrogens is 1. The van der Waals surface area contributed by atoms with Gasteiger partial charge in [0.1, 0.15) is 24.2 Å². The third-order valence-electron chi connectivity index (χ3n) is 5.84. The van der Waals surface area contributed by atoms with Gasteiger partial charge in [-0.05, 0) is 43.9 Å². The van der Waals surface area contributed by atoms with Crippen molar-refractivity contribution < 1.29 is 34.5 Å². The SMILES string of the molecule is CSCCC(NC(=O)C(NC(=O)C(N)C(C)O)C(C)O)C(=O)NC(Cc1c[nH]c2ccccc12)C(=O)O. The minimum absolute atomic E-state index is 0.0118. The molecule has 0 aliphatic heterocycles. The summed E-state index contributed by atoms with van der Waals surface area (Å²) in [5, 5.41) is 37.5. The molecule has 9 N–H and O–H groups in total. The summed E-state index contributed by atoms with van der Waals surface area (Å²) in [4.78, 5) is 53.3. The number of carboxylic acid groups (broad SMARTS) is 1. The van der Waals surface area contributed by atoms with E-state index in [2.05, 4.69) is 20.9 Å². The standard InChI is InChI=1S/C24H35N5O7S/c1-12(30)19(25)22(33)29-20(13(2)31)23(34)27-17(8-9-37-3)21(32)28-18(24(35)36)10-14-11-26-16-7-5-4-6-15(14)16/h4-7,11-13,17-20,26,30-31H,8-10,25H2,1-3H3,(H,27,34)(H,28,32)(H,29,33)(H,35,36). The molecular formula is C24H35N5O7S. The maximum Gasteiger partial charge on any atom is 0.326 e. The zero-order chi connectivity index (χ0) is 27.7. The molecule has 0 aliphatic rings. The summed E-state index contributed by atoms with van der Waals surface area (Å²) >= 11 is 1.42. The predicted molar refractivity (Wildman–Crippen MR) is 140 cm³/mol. The lowest BCUT2D eigenvalue weighted by Gasteiger charge is -2.26. The lowest BCUT2D eigenvalue weighted by Crippen LogP contribution is -2.60. The van der Waals surface area contributed by atoms with Crippen molar-refractivity contribution in [2.24, 2.45) is 5.73 Å². The summed E-state index contributed by atoms with van der Waals surface area (Å²) in [7, 11) is 0. The number of hydrogen-bond acceptors (Lipinski definition) is 8. The van der Waals surface area contributed by atoms with Crippen molar-refractivity contribution in [3.8, 4) is 0 Å². The number of rotatable bonds is 14. The van der Waals surface area contributed by atoms with Crippen molar-refractivity contribution >= 4 is 46.4 Å². The number of para-hydroxylation sites is 1. The van der Waals surface area contributed by atoms with Gasteiger partial charge in [0.05, 0.1) is 12.2 Å². The highest BCUT2D eigenvalue weighted by molar-refractivity contribution is 7.98. The van der Waals surface area contributed by atoms with Crippen LogP contribution in [0.2, 0.25) is 0 Å². The monoisotopic (exact) mass is 537 g/mol. The number of carbonyl (C=O) groups is 4. The fourth-order valence-electron chi connectivity index (χ4n) is 3.63. The molecule has 1 aromatic heterocycles. The largest absolute Gasteiger partial charge is 0.480 e. The van der Waals surface area contributed by atoms with E-state index in [1.807, 2.05) is 30.5 Å². The van der Waals surface area contributed by atoms with E-state index < -0.39 is 60.1 Å². The molecule has 204 valence electrons. The summed E-state index contributed by atoms with van der Waals surface area (Å²) < 4.78 is 0. The number of amides is 3. The maximum atomic E-state index is 13.1. The topological polar surface area (TPSA) is 207 Å². The van der Waals surface area contributed by atoms with Crippen LogP contribution >= 0.6 is 11.8 Å². The Bertz CT molecular complexity index is 1090. The number of carbonyl (C=O) groups excluding carboxylic acids is 3. The Kier molecular flexibility index (Phi) is 11.4. The number of nitrogens with one attached hydrogen (secondary N) is 4. The molecule has 1 aromatic carbocycles. The van der Waals surface area contributed by atoms with Crippen molar-refractivity contribution in [3.63, 3.8) is 0 Å². The fraction of sp³-hybridized carbons (Fsp3) is 0.500. The van der Waals surface area contributed by atoms with Gasteiger partial charge in [0, 0.05) is 23.5 Å². The van der Waals surface area contributed by atoms with Crippen LogP contribution in [0.1, 0.15) is 25.8 Å². The molecule has 0 fully saturated rings. The molecule has 0 spiro atoms. The van der Waals surface area contributed by atoms with Gasteiger partial charge < -0.3 is 42.0 Å². The number of aliphatic carboxylic acids is 1. The van der Waals surface area contributed by atoms with Crippen LogP contribution in [0.25, 0.3) is 10.9 Å². The molecule has 6 unspecified atom stereocenters. The Morgan fingerprint density at radius 2 is 1.62 bits per heavy atom. The summed E-state index contributed by atoms with van der Waals surface area (Å²) in [6.07, 6.45) is 1.15. The van der Waals surface area contributed by atoms with Crippen LogP contribution in [0.15, 0.2) is 30.5 Å². The number of hydrogen-bond donors (Lipinski definition) is 8. The Hall–Kier alpha value is -3.13. The van der Waals surface area contributed by atoms with E-state index in [9.17, 15) is 34.5 Å². The molecule has 2 aromatic rings. The van der Waals surface area contributed by atoms with Crippen LogP contribution in [0.5, 0.6) is 0 Å². The molecule has 2 rings (SSSR count). The first-order chi connectivity index (χ1) is 17.5. The average Bonchev–Trinajstić information content (AvgIpc) is 3.26. The van der Waals surface area contributed by atoms with Crippen LogP contribution in [0.3, 0.4) is 0 Å². The van der Waals surface area contributed by atoms with Gasteiger partial charge in [-0.3, -0.25) is 14.4 Å². The summed E-state index contributed by atoms with van der Waals surface area (Å²) in [5.41, 5.74) is 7.14. The van der Waals surface area contributed by atoms with Crippen molar-refractivity contribution in [2.45, 2.75) is 63.1 Å². The molecule has 0 radical (unpaired) electrons. The van der Waals surface area contributed by atoms with Crippen molar-refractivity contribution in [1.82, 2.24) is 20.9 Å². The smallest absolute Gasteiger partial charge is 0.326 e. The molecule has 1 heterocycles. The molecule has 0 saturated heterocycles. The number of aliphatic hydroxyl groups is 2. The minimum Gasteiger partial charge on any atom is -0.480 e. The Balaban J connectivity index is 2.16. The summed E-state index contributed by atoms with van der Waals surface area (Å²) in [6, 6.07) is 2.19. The molecule has 13 heteroatoms. The van der Waals surface area contributed by atoms with Crippen LogP contribution in [-0.2, 0) is 25.6 Å². The molecule has 12 nitrogen and oxygen atoms in total. The summed E-state index contributed by atoms with van der Waals surface area (Å²) in [6.45, 7) is 2.58. The fourth-order valence-corrected chi connectivity index (χ4v) is 4.10. The first-order valence-electron chi connectivity index (χ1n) is 11.8. The third kappa shape index (κ3) is 8.45. The number of aliphatic hydroxyl groups excluding tert-OH is 2. The van der Waals surface area contributed by atoms with Gasteiger partial charge in [0.15, 0.2) is 0 Å². The third-order valence-corrected chi connectivity index (χ3v) is 6.49. The van der Waals surface area contributed by atoms with Gasteiger partial charge in [-0.25, -0.2) is 4.79 Å². The van der Waals surface area contributed by atoms with Gasteiger partial charge in [-0.15, -0.1) is 0 Å². The normalized spacial score (nSPS) is 16.2. The Morgan fingerprint density at radius 1 is 0.973 bits per heavy atom. The highest BCUT2D eigenvalue weighted by Crippen LogP contribution is 2.19. The van der Waals surface area contributed by atoms with E-state index in [1.165, 1.54) is 25.6 Å². The highest BCUT2D eigenvalue weighted by Gasteiger charge is 2.33. The number of nitrogens with two attached hydrogens (primary N) is 1. The molecule has 6 atom stereocenters. The molecule has 3 amide bonds. The maximum absolute atomic E-state index is 13.1. The second kappa shape index (κ2) is 14.0. The summed E-state index contributed by atoms with van der Waals surface area (Å²) in [5.74, 6) is -3.20. The minimum atomic E-state index is -1.46. The van der Waals surface area contributed by atoms with Gasteiger partial charge >= 0.3 is 5.97 Å². The second-order valence-corrected chi connectivity index (χ2v) is 9.78. The molecule has 37 heavy (non-hydrogen) atoms.